The van der Waals surface area contributed by atoms with E-state index in [1.54, 1.807) is 6.33 Å². The number of aromatic nitrogens is 2. The molecule has 2 rings (SSSR count). The van der Waals surface area contributed by atoms with E-state index in [-0.39, 0.29) is 0 Å². The molecule has 4 heteroatoms. The van der Waals surface area contributed by atoms with Gasteiger partial charge in [-0.3, -0.25) is 0 Å². The van der Waals surface area contributed by atoms with Crippen molar-refractivity contribution in [3.63, 3.8) is 0 Å². The molecule has 4 nitrogen and oxygen atoms in total. The molecule has 1 atom stereocenters. The molecule has 0 spiro atoms. The van der Waals surface area contributed by atoms with E-state index in [0.717, 1.165) is 37.4 Å². The minimum absolute atomic E-state index is 0.531. The maximum absolute atomic E-state index is 4.33. The molecule has 1 N–H and O–H groups in total. The number of hydrogen-bond acceptors (Lipinski definition) is 4. The first-order valence-corrected chi connectivity index (χ1v) is 7.11. The van der Waals surface area contributed by atoms with Crippen molar-refractivity contribution in [2.24, 2.45) is 0 Å². The number of aryl methyl sites for hydroxylation is 1. The zero-order valence-electron chi connectivity index (χ0n) is 11.5. The third-order valence-electron chi connectivity index (χ3n) is 3.53. The van der Waals surface area contributed by atoms with Crippen molar-refractivity contribution in [2.45, 2.75) is 45.6 Å². The molecule has 1 aromatic rings. The number of piperidine rings is 1. The Balaban J connectivity index is 1.93. The van der Waals surface area contributed by atoms with E-state index < -0.39 is 0 Å². The molecule has 2 heterocycles. The minimum atomic E-state index is 0.531. The van der Waals surface area contributed by atoms with Crippen molar-refractivity contribution in [1.82, 2.24) is 14.9 Å². The summed E-state index contributed by atoms with van der Waals surface area (Å²) in [4.78, 5) is 11.1. The number of likely N-dealkylation sites (N-methyl/N-ethyl adjacent to an activating group) is 1. The molecule has 1 saturated heterocycles. The van der Waals surface area contributed by atoms with E-state index in [9.17, 15) is 0 Å². The lowest BCUT2D eigenvalue weighted by atomic mass is 10.1. The van der Waals surface area contributed by atoms with Crippen LogP contribution >= 0.6 is 0 Å². The zero-order valence-corrected chi connectivity index (χ0v) is 11.5. The van der Waals surface area contributed by atoms with Gasteiger partial charge in [-0.25, -0.2) is 9.97 Å². The maximum Gasteiger partial charge on any atom is 0.129 e. The van der Waals surface area contributed by atoms with Crippen LogP contribution in [-0.4, -0.2) is 40.5 Å². The Morgan fingerprint density at radius 2 is 2.28 bits per heavy atom. The van der Waals surface area contributed by atoms with E-state index in [2.05, 4.69) is 40.1 Å². The molecule has 1 aliphatic rings. The lowest BCUT2D eigenvalue weighted by Gasteiger charge is -2.32. The summed E-state index contributed by atoms with van der Waals surface area (Å²) in [6.07, 6.45) is 6.35. The second-order valence-electron chi connectivity index (χ2n) is 5.02. The fourth-order valence-corrected chi connectivity index (χ4v) is 2.54. The molecule has 1 aromatic heterocycles. The average Bonchev–Trinajstić information content (AvgIpc) is 2.40. The van der Waals surface area contributed by atoms with Gasteiger partial charge in [-0.1, -0.05) is 20.3 Å². The molecule has 100 valence electrons. The maximum atomic E-state index is 4.33. The van der Waals surface area contributed by atoms with Crippen molar-refractivity contribution in [2.75, 3.05) is 25.0 Å². The molecule has 0 aromatic carbocycles. The van der Waals surface area contributed by atoms with Crippen LogP contribution in [0.25, 0.3) is 0 Å². The summed E-state index contributed by atoms with van der Waals surface area (Å²) in [7, 11) is 0. The van der Waals surface area contributed by atoms with Crippen molar-refractivity contribution in [3.05, 3.63) is 18.1 Å². The lowest BCUT2D eigenvalue weighted by molar-refractivity contribution is 0.226. The predicted molar refractivity (Wildman–Crippen MR) is 74.8 cm³/mol. The Kier molecular flexibility index (Phi) is 4.93. The first-order chi connectivity index (χ1) is 8.81. The van der Waals surface area contributed by atoms with Gasteiger partial charge < -0.3 is 10.2 Å². The van der Waals surface area contributed by atoms with Crippen LogP contribution in [0, 0.1) is 0 Å². The zero-order chi connectivity index (χ0) is 12.8. The van der Waals surface area contributed by atoms with Gasteiger partial charge in [0.25, 0.3) is 0 Å². The molecule has 0 saturated carbocycles. The molecule has 1 aliphatic heterocycles. The largest absolute Gasteiger partial charge is 0.366 e. The van der Waals surface area contributed by atoms with Crippen LogP contribution in [0.5, 0.6) is 0 Å². The fraction of sp³-hybridized carbons (Fsp3) is 0.714. The Morgan fingerprint density at radius 1 is 1.39 bits per heavy atom. The highest BCUT2D eigenvalue weighted by Gasteiger charge is 2.18. The average molecular weight is 248 g/mol. The van der Waals surface area contributed by atoms with Crippen LogP contribution in [0.1, 0.15) is 38.8 Å². The van der Waals surface area contributed by atoms with Crippen LogP contribution in [0.15, 0.2) is 12.4 Å². The van der Waals surface area contributed by atoms with Crippen molar-refractivity contribution in [3.8, 4) is 0 Å². The Morgan fingerprint density at radius 3 is 3.06 bits per heavy atom. The van der Waals surface area contributed by atoms with Gasteiger partial charge >= 0.3 is 0 Å². The summed E-state index contributed by atoms with van der Waals surface area (Å²) in [6.45, 7) is 7.91. The molecular weight excluding hydrogens is 224 g/mol. The van der Waals surface area contributed by atoms with E-state index in [0.29, 0.717) is 6.04 Å². The van der Waals surface area contributed by atoms with Crippen LogP contribution in [0.2, 0.25) is 0 Å². The number of rotatable bonds is 5. The third kappa shape index (κ3) is 3.67. The van der Waals surface area contributed by atoms with E-state index in [4.69, 9.17) is 0 Å². The van der Waals surface area contributed by atoms with E-state index >= 15 is 0 Å². The quantitative estimate of drug-likeness (QED) is 0.868. The summed E-state index contributed by atoms with van der Waals surface area (Å²) >= 11 is 0. The number of hydrogen-bond donors (Lipinski definition) is 1. The first-order valence-electron chi connectivity index (χ1n) is 7.11. The molecular formula is C14H24N4. The number of likely N-dealkylation sites (tertiary alicyclic amines) is 1. The SMILES string of the molecule is CCCc1cc(NC2CCCN(CC)C2)ncn1. The van der Waals surface area contributed by atoms with Gasteiger partial charge in [0.1, 0.15) is 12.1 Å². The molecule has 18 heavy (non-hydrogen) atoms. The summed E-state index contributed by atoms with van der Waals surface area (Å²) in [5, 5.41) is 3.55. The second kappa shape index (κ2) is 6.69. The third-order valence-corrected chi connectivity index (χ3v) is 3.53. The molecule has 1 fully saturated rings. The second-order valence-corrected chi connectivity index (χ2v) is 5.02. The highest BCUT2D eigenvalue weighted by molar-refractivity contribution is 5.36. The summed E-state index contributed by atoms with van der Waals surface area (Å²) < 4.78 is 0. The molecule has 0 bridgehead atoms. The minimum Gasteiger partial charge on any atom is -0.366 e. The highest BCUT2D eigenvalue weighted by Crippen LogP contribution is 2.15. The topological polar surface area (TPSA) is 41.0 Å². The van der Waals surface area contributed by atoms with Gasteiger partial charge in [-0.05, 0) is 32.4 Å². The summed E-state index contributed by atoms with van der Waals surface area (Å²) in [6, 6.07) is 2.62. The van der Waals surface area contributed by atoms with Gasteiger partial charge in [0.15, 0.2) is 0 Å². The lowest BCUT2D eigenvalue weighted by Crippen LogP contribution is -2.41. The molecule has 0 aliphatic carbocycles. The number of nitrogens with zero attached hydrogens (tertiary/aromatic N) is 3. The van der Waals surface area contributed by atoms with Crippen molar-refractivity contribution in [1.29, 1.82) is 0 Å². The van der Waals surface area contributed by atoms with Crippen LogP contribution in [0.3, 0.4) is 0 Å². The van der Waals surface area contributed by atoms with Crippen LogP contribution in [0.4, 0.5) is 5.82 Å². The predicted octanol–water partition coefficient (Wildman–Crippen LogP) is 2.33. The van der Waals surface area contributed by atoms with Gasteiger partial charge in [0.05, 0.1) is 0 Å². The number of nitrogens with one attached hydrogen (secondary N) is 1. The Labute approximate surface area is 110 Å². The highest BCUT2D eigenvalue weighted by atomic mass is 15.2. The van der Waals surface area contributed by atoms with Gasteiger partial charge in [-0.15, -0.1) is 0 Å². The van der Waals surface area contributed by atoms with Crippen molar-refractivity contribution < 1.29 is 0 Å². The molecule has 0 radical (unpaired) electrons. The molecule has 1 unspecified atom stereocenters. The first kappa shape index (κ1) is 13.3. The fourth-order valence-electron chi connectivity index (χ4n) is 2.54. The van der Waals surface area contributed by atoms with Gasteiger partial charge in [-0.2, -0.15) is 0 Å². The normalized spacial score (nSPS) is 20.9. The Bertz CT molecular complexity index is 367. The van der Waals surface area contributed by atoms with Crippen molar-refractivity contribution >= 4 is 5.82 Å². The van der Waals surface area contributed by atoms with E-state index in [1.165, 1.54) is 19.4 Å². The van der Waals surface area contributed by atoms with Crippen LogP contribution < -0.4 is 5.32 Å². The smallest absolute Gasteiger partial charge is 0.129 e. The monoisotopic (exact) mass is 248 g/mol. The summed E-state index contributed by atoms with van der Waals surface area (Å²) in [5.41, 5.74) is 1.14. The number of anilines is 1. The van der Waals surface area contributed by atoms with E-state index in [1.807, 2.05) is 0 Å². The van der Waals surface area contributed by atoms with Gasteiger partial charge in [0.2, 0.25) is 0 Å². The van der Waals surface area contributed by atoms with Crippen LogP contribution in [-0.2, 0) is 6.42 Å². The Hall–Kier alpha value is -1.16. The standard InChI is InChI=1S/C14H24N4/c1-3-6-12-9-14(16-11-15-12)17-13-7-5-8-18(4-2)10-13/h9,11,13H,3-8,10H2,1-2H3,(H,15,16,17). The summed E-state index contributed by atoms with van der Waals surface area (Å²) in [5.74, 6) is 0.983. The molecule has 0 amide bonds. The van der Waals surface area contributed by atoms with Gasteiger partial charge in [0, 0.05) is 24.3 Å².